The first kappa shape index (κ1) is 15.0. The van der Waals surface area contributed by atoms with Crippen LogP contribution in [0.5, 0.6) is 5.75 Å². The molecule has 107 valence electrons. The summed E-state index contributed by atoms with van der Waals surface area (Å²) in [5.41, 5.74) is 1.09. The standard InChI is InChI=1S/C17H22NOS/c1-3-5-6-9-12-19-16-11-8-7-10-15(16)17-18-13-14(4-2)20-17/h7-8,10-11,13H,2-6,9,12H2,1H3. The van der Waals surface area contributed by atoms with E-state index >= 15 is 0 Å². The fraction of sp³-hybridized carbons (Fsp3) is 0.412. The van der Waals surface area contributed by atoms with E-state index in [9.17, 15) is 0 Å². The van der Waals surface area contributed by atoms with Crippen molar-refractivity contribution >= 4 is 11.3 Å². The van der Waals surface area contributed by atoms with Crippen LogP contribution in [-0.4, -0.2) is 11.6 Å². The van der Waals surface area contributed by atoms with Crippen LogP contribution in [-0.2, 0) is 6.42 Å². The molecule has 0 saturated heterocycles. The molecule has 0 fully saturated rings. The Morgan fingerprint density at radius 1 is 1.20 bits per heavy atom. The van der Waals surface area contributed by atoms with Gasteiger partial charge in [0.2, 0.25) is 0 Å². The molecule has 0 bridgehead atoms. The number of hydrogen-bond donors (Lipinski definition) is 0. The quantitative estimate of drug-likeness (QED) is 0.627. The second-order valence-corrected chi connectivity index (χ2v) is 5.90. The van der Waals surface area contributed by atoms with Crippen LogP contribution in [0.15, 0.2) is 30.5 Å². The third-order valence-electron chi connectivity index (χ3n) is 3.17. The van der Waals surface area contributed by atoms with Crippen LogP contribution in [0.3, 0.4) is 0 Å². The second-order valence-electron chi connectivity index (χ2n) is 4.79. The molecule has 1 radical (unpaired) electrons. The summed E-state index contributed by atoms with van der Waals surface area (Å²) in [5.74, 6) is 0.939. The number of aromatic nitrogens is 1. The molecule has 0 aliphatic carbocycles. The molecular weight excluding hydrogens is 266 g/mol. The summed E-state index contributed by atoms with van der Waals surface area (Å²) in [5, 5.41) is 1.02. The zero-order valence-electron chi connectivity index (χ0n) is 12.1. The second kappa shape index (κ2) is 8.05. The fourth-order valence-corrected chi connectivity index (χ4v) is 2.87. The lowest BCUT2D eigenvalue weighted by Crippen LogP contribution is -1.98. The van der Waals surface area contributed by atoms with E-state index in [4.69, 9.17) is 4.74 Å². The summed E-state index contributed by atoms with van der Waals surface area (Å²) in [6, 6.07) is 8.15. The minimum Gasteiger partial charge on any atom is -0.493 e. The highest BCUT2D eigenvalue weighted by molar-refractivity contribution is 7.15. The van der Waals surface area contributed by atoms with Gasteiger partial charge in [-0.05, 0) is 31.9 Å². The smallest absolute Gasteiger partial charge is 0.129 e. The predicted octanol–water partition coefficient (Wildman–Crippen LogP) is 5.15. The average Bonchev–Trinajstić information content (AvgIpc) is 2.96. The predicted molar refractivity (Wildman–Crippen MR) is 86.2 cm³/mol. The van der Waals surface area contributed by atoms with Crippen molar-refractivity contribution < 1.29 is 4.74 Å². The maximum atomic E-state index is 5.93. The molecular formula is C17H22NOS. The highest BCUT2D eigenvalue weighted by Crippen LogP contribution is 2.33. The molecule has 1 heterocycles. The maximum absolute atomic E-state index is 5.93. The van der Waals surface area contributed by atoms with Crippen molar-refractivity contribution in [1.29, 1.82) is 0 Å². The Bertz CT molecular complexity index is 521. The van der Waals surface area contributed by atoms with E-state index < -0.39 is 0 Å². The molecule has 2 aromatic rings. The number of rotatable bonds is 8. The molecule has 0 unspecified atom stereocenters. The van der Waals surface area contributed by atoms with E-state index in [1.54, 1.807) is 11.3 Å². The van der Waals surface area contributed by atoms with E-state index in [1.807, 2.05) is 24.4 Å². The van der Waals surface area contributed by atoms with Gasteiger partial charge in [0.25, 0.3) is 0 Å². The van der Waals surface area contributed by atoms with E-state index in [2.05, 4.69) is 24.9 Å². The van der Waals surface area contributed by atoms with Gasteiger partial charge in [0.05, 0.1) is 12.2 Å². The van der Waals surface area contributed by atoms with Crippen LogP contribution >= 0.6 is 11.3 Å². The molecule has 0 aliphatic heterocycles. The number of unbranched alkanes of at least 4 members (excludes halogenated alkanes) is 3. The minimum absolute atomic E-state index is 0.782. The molecule has 0 saturated carbocycles. The molecule has 0 spiro atoms. The molecule has 0 aliphatic rings. The molecule has 2 nitrogen and oxygen atoms in total. The highest BCUT2D eigenvalue weighted by atomic mass is 32.1. The van der Waals surface area contributed by atoms with Crippen molar-refractivity contribution in [2.24, 2.45) is 0 Å². The number of thiazole rings is 1. The van der Waals surface area contributed by atoms with Gasteiger partial charge in [-0.2, -0.15) is 0 Å². The van der Waals surface area contributed by atoms with Gasteiger partial charge in [-0.3, -0.25) is 0 Å². The molecule has 0 amide bonds. The van der Waals surface area contributed by atoms with Crippen LogP contribution in [0.25, 0.3) is 10.6 Å². The Kier molecular flexibility index (Phi) is 6.06. The normalized spacial score (nSPS) is 10.7. The third kappa shape index (κ3) is 4.07. The minimum atomic E-state index is 0.782. The Morgan fingerprint density at radius 3 is 2.80 bits per heavy atom. The topological polar surface area (TPSA) is 22.1 Å². The fourth-order valence-electron chi connectivity index (χ4n) is 2.03. The lowest BCUT2D eigenvalue weighted by molar-refractivity contribution is 0.306. The average molecular weight is 288 g/mol. The highest BCUT2D eigenvalue weighted by Gasteiger charge is 2.09. The Morgan fingerprint density at radius 2 is 2.05 bits per heavy atom. The maximum Gasteiger partial charge on any atom is 0.129 e. The van der Waals surface area contributed by atoms with Gasteiger partial charge in [-0.15, -0.1) is 11.3 Å². The van der Waals surface area contributed by atoms with E-state index in [1.165, 1.54) is 24.1 Å². The largest absolute Gasteiger partial charge is 0.493 e. The number of nitrogens with zero attached hydrogens (tertiary/aromatic N) is 1. The number of benzene rings is 1. The molecule has 1 aromatic heterocycles. The summed E-state index contributed by atoms with van der Waals surface area (Å²) >= 11 is 1.69. The van der Waals surface area contributed by atoms with Gasteiger partial charge >= 0.3 is 0 Å². The summed E-state index contributed by atoms with van der Waals surface area (Å²) in [6.45, 7) is 6.91. The first-order valence-corrected chi connectivity index (χ1v) is 8.13. The van der Waals surface area contributed by atoms with E-state index in [-0.39, 0.29) is 0 Å². The van der Waals surface area contributed by atoms with Crippen LogP contribution < -0.4 is 4.74 Å². The number of para-hydroxylation sites is 1. The van der Waals surface area contributed by atoms with Crippen molar-refractivity contribution in [3.8, 4) is 16.3 Å². The van der Waals surface area contributed by atoms with Crippen molar-refractivity contribution in [3.05, 3.63) is 42.3 Å². The van der Waals surface area contributed by atoms with Gasteiger partial charge in [0.1, 0.15) is 10.8 Å². The molecule has 0 N–H and O–H groups in total. The van der Waals surface area contributed by atoms with Crippen LogP contribution in [0.2, 0.25) is 0 Å². The summed E-state index contributed by atoms with van der Waals surface area (Å²) in [7, 11) is 0. The lowest BCUT2D eigenvalue weighted by Gasteiger charge is -2.09. The molecule has 20 heavy (non-hydrogen) atoms. The van der Waals surface area contributed by atoms with Crippen LogP contribution in [0.4, 0.5) is 0 Å². The third-order valence-corrected chi connectivity index (χ3v) is 4.26. The molecule has 1 aromatic carbocycles. The zero-order chi connectivity index (χ0) is 14.2. The van der Waals surface area contributed by atoms with Gasteiger partial charge in [-0.25, -0.2) is 4.98 Å². The first-order chi connectivity index (χ1) is 9.85. The Balaban J connectivity index is 2.02. The van der Waals surface area contributed by atoms with Crippen molar-refractivity contribution in [2.45, 2.75) is 39.0 Å². The lowest BCUT2D eigenvalue weighted by atomic mass is 10.2. The Labute approximate surface area is 125 Å². The van der Waals surface area contributed by atoms with Gasteiger partial charge in [-0.1, -0.05) is 38.3 Å². The molecule has 0 atom stereocenters. The summed E-state index contributed by atoms with van der Waals surface area (Å²) < 4.78 is 5.93. The van der Waals surface area contributed by atoms with Crippen molar-refractivity contribution in [1.82, 2.24) is 4.98 Å². The summed E-state index contributed by atoms with van der Waals surface area (Å²) in [4.78, 5) is 5.68. The van der Waals surface area contributed by atoms with Crippen molar-refractivity contribution in [3.63, 3.8) is 0 Å². The van der Waals surface area contributed by atoms with E-state index in [0.717, 1.165) is 35.8 Å². The first-order valence-electron chi connectivity index (χ1n) is 7.31. The molecule has 3 heteroatoms. The monoisotopic (exact) mass is 288 g/mol. The van der Waals surface area contributed by atoms with Gasteiger partial charge in [0, 0.05) is 11.1 Å². The van der Waals surface area contributed by atoms with Gasteiger partial charge in [0.15, 0.2) is 0 Å². The van der Waals surface area contributed by atoms with Crippen molar-refractivity contribution in [2.75, 3.05) is 6.61 Å². The Hall–Kier alpha value is -1.35. The number of hydrogen-bond acceptors (Lipinski definition) is 3. The SMILES string of the molecule is [CH2]Cc1cnc(-c2ccccc2OCCCCCC)s1. The summed E-state index contributed by atoms with van der Waals surface area (Å²) in [6.07, 6.45) is 7.59. The molecule has 2 rings (SSSR count). The van der Waals surface area contributed by atoms with Gasteiger partial charge < -0.3 is 4.74 Å². The van der Waals surface area contributed by atoms with Crippen LogP contribution in [0.1, 0.15) is 37.5 Å². The van der Waals surface area contributed by atoms with E-state index in [0.29, 0.717) is 0 Å². The van der Waals surface area contributed by atoms with Crippen LogP contribution in [0, 0.1) is 6.92 Å². The number of ether oxygens (including phenoxy) is 1. The zero-order valence-corrected chi connectivity index (χ0v) is 12.9.